The third-order valence-corrected chi connectivity index (χ3v) is 2.59. The number of rotatable bonds is 7. The number of hydrogen-bond acceptors (Lipinski definition) is 0. The second-order valence-electron chi connectivity index (χ2n) is 3.21. The molecule has 0 amide bonds. The predicted molar refractivity (Wildman–Crippen MR) is 57.8 cm³/mol. The Hall–Kier alpha value is 0.0300. The Bertz CT molecular complexity index is 108. The van der Waals surface area contributed by atoms with E-state index in [1.54, 1.807) is 0 Å². The van der Waals surface area contributed by atoms with Gasteiger partial charge in [-0.05, 0) is 32.6 Å². The zero-order chi connectivity index (χ0) is 9.23. The molecule has 0 aromatic heterocycles. The van der Waals surface area contributed by atoms with Gasteiger partial charge in [0.05, 0.1) is 0 Å². The fourth-order valence-corrected chi connectivity index (χ4v) is 1.33. The number of alkyl halides is 1. The van der Waals surface area contributed by atoms with Crippen molar-refractivity contribution in [3.8, 4) is 0 Å². The molecule has 1 heteroatoms. The summed E-state index contributed by atoms with van der Waals surface area (Å²) >= 11 is 5.99. The van der Waals surface area contributed by atoms with Crippen molar-refractivity contribution in [2.24, 2.45) is 0 Å². The summed E-state index contributed by atoms with van der Waals surface area (Å²) in [5.74, 6) is 0. The first-order valence-corrected chi connectivity index (χ1v) is 5.50. The van der Waals surface area contributed by atoms with Crippen LogP contribution in [0.3, 0.4) is 0 Å². The van der Waals surface area contributed by atoms with E-state index in [0.29, 0.717) is 5.38 Å². The van der Waals surface area contributed by atoms with Gasteiger partial charge in [0, 0.05) is 5.38 Å². The average molecular weight is 189 g/mol. The Balaban J connectivity index is 3.00. The molecule has 0 saturated carbocycles. The number of halogens is 1. The Morgan fingerprint density at radius 3 is 2.58 bits per heavy atom. The molecule has 72 valence electrons. The summed E-state index contributed by atoms with van der Waals surface area (Å²) in [6.07, 6.45) is 11.8. The van der Waals surface area contributed by atoms with Crippen LogP contribution >= 0.6 is 11.6 Å². The van der Waals surface area contributed by atoms with E-state index in [9.17, 15) is 0 Å². The van der Waals surface area contributed by atoms with Gasteiger partial charge in [0.2, 0.25) is 0 Å². The van der Waals surface area contributed by atoms with Gasteiger partial charge in [0.25, 0.3) is 0 Å². The largest absolute Gasteiger partial charge is 0.123 e. The lowest BCUT2D eigenvalue weighted by Gasteiger charge is -2.04. The standard InChI is InChI=1S/C11H21Cl/c1-3-5-6-7-8-9-10-11(12)4-2/h3,5,11H,4,6-10H2,1-2H3. The molecule has 12 heavy (non-hydrogen) atoms. The minimum absolute atomic E-state index is 0.409. The zero-order valence-corrected chi connectivity index (χ0v) is 9.11. The van der Waals surface area contributed by atoms with Crippen LogP contribution in [0.5, 0.6) is 0 Å². The highest BCUT2D eigenvalue weighted by Crippen LogP contribution is 2.12. The molecule has 0 nitrogen and oxygen atoms in total. The molecule has 0 heterocycles. The number of unbranched alkanes of at least 4 members (excludes halogenated alkanes) is 3. The quantitative estimate of drug-likeness (QED) is 0.313. The summed E-state index contributed by atoms with van der Waals surface area (Å²) in [5, 5.41) is 0.409. The van der Waals surface area contributed by atoms with Gasteiger partial charge in [0.15, 0.2) is 0 Å². The Labute approximate surface area is 82.0 Å². The lowest BCUT2D eigenvalue weighted by Crippen LogP contribution is -1.94. The fraction of sp³-hybridized carbons (Fsp3) is 0.818. The first-order valence-electron chi connectivity index (χ1n) is 5.06. The molecule has 0 N–H and O–H groups in total. The monoisotopic (exact) mass is 188 g/mol. The molecule has 0 fully saturated rings. The van der Waals surface area contributed by atoms with Crippen LogP contribution in [0.4, 0.5) is 0 Å². The summed E-state index contributed by atoms with van der Waals surface area (Å²) < 4.78 is 0. The Morgan fingerprint density at radius 1 is 1.25 bits per heavy atom. The maximum atomic E-state index is 5.99. The van der Waals surface area contributed by atoms with Crippen molar-refractivity contribution >= 4 is 11.6 Å². The van der Waals surface area contributed by atoms with Gasteiger partial charge in [-0.25, -0.2) is 0 Å². The molecular weight excluding hydrogens is 168 g/mol. The summed E-state index contributed by atoms with van der Waals surface area (Å²) in [6, 6.07) is 0. The van der Waals surface area contributed by atoms with Crippen molar-refractivity contribution in [3.63, 3.8) is 0 Å². The third-order valence-electron chi connectivity index (χ3n) is 2.07. The first-order chi connectivity index (χ1) is 5.81. The highest BCUT2D eigenvalue weighted by molar-refractivity contribution is 6.20. The van der Waals surface area contributed by atoms with Crippen LogP contribution in [0, 0.1) is 0 Å². The van der Waals surface area contributed by atoms with Gasteiger partial charge in [-0.3, -0.25) is 0 Å². The lowest BCUT2D eigenvalue weighted by atomic mass is 10.1. The minimum atomic E-state index is 0.409. The van der Waals surface area contributed by atoms with Crippen molar-refractivity contribution < 1.29 is 0 Å². The smallest absolute Gasteiger partial charge is 0.0333 e. The first kappa shape index (κ1) is 12.0. The predicted octanol–water partition coefficient (Wildman–Crippen LogP) is 4.53. The molecule has 0 aliphatic carbocycles. The minimum Gasteiger partial charge on any atom is -0.123 e. The molecule has 1 unspecified atom stereocenters. The average Bonchev–Trinajstić information content (AvgIpc) is 2.10. The van der Waals surface area contributed by atoms with Gasteiger partial charge in [-0.15, -0.1) is 11.6 Å². The second kappa shape index (κ2) is 9.12. The fourth-order valence-electron chi connectivity index (χ4n) is 1.18. The maximum absolute atomic E-state index is 5.99. The van der Waals surface area contributed by atoms with E-state index < -0.39 is 0 Å². The summed E-state index contributed by atoms with van der Waals surface area (Å²) in [7, 11) is 0. The molecule has 0 aliphatic rings. The van der Waals surface area contributed by atoms with Crippen LogP contribution < -0.4 is 0 Å². The van der Waals surface area contributed by atoms with E-state index in [1.807, 2.05) is 0 Å². The Morgan fingerprint density at radius 2 is 2.00 bits per heavy atom. The van der Waals surface area contributed by atoms with Gasteiger partial charge >= 0.3 is 0 Å². The summed E-state index contributed by atoms with van der Waals surface area (Å²) in [5.41, 5.74) is 0. The molecule has 0 bridgehead atoms. The highest BCUT2D eigenvalue weighted by atomic mass is 35.5. The van der Waals surface area contributed by atoms with Crippen molar-refractivity contribution in [1.82, 2.24) is 0 Å². The van der Waals surface area contributed by atoms with Crippen molar-refractivity contribution in [1.29, 1.82) is 0 Å². The lowest BCUT2D eigenvalue weighted by molar-refractivity contribution is 0.616. The van der Waals surface area contributed by atoms with E-state index in [0.717, 1.165) is 6.42 Å². The van der Waals surface area contributed by atoms with Crippen molar-refractivity contribution in [2.45, 2.75) is 57.7 Å². The number of hydrogen-bond donors (Lipinski definition) is 0. The van der Waals surface area contributed by atoms with E-state index in [1.165, 1.54) is 32.1 Å². The molecule has 0 spiro atoms. The van der Waals surface area contributed by atoms with Gasteiger partial charge < -0.3 is 0 Å². The number of allylic oxidation sites excluding steroid dienone is 2. The Kier molecular flexibility index (Phi) is 9.14. The van der Waals surface area contributed by atoms with E-state index in [2.05, 4.69) is 26.0 Å². The second-order valence-corrected chi connectivity index (χ2v) is 3.83. The molecule has 0 aliphatic heterocycles. The normalized spacial score (nSPS) is 13.9. The summed E-state index contributed by atoms with van der Waals surface area (Å²) in [4.78, 5) is 0. The molecule has 1 atom stereocenters. The van der Waals surface area contributed by atoms with Crippen LogP contribution in [0.25, 0.3) is 0 Å². The third kappa shape index (κ3) is 8.13. The van der Waals surface area contributed by atoms with Crippen LogP contribution in [-0.2, 0) is 0 Å². The maximum Gasteiger partial charge on any atom is 0.0333 e. The molecule has 0 radical (unpaired) electrons. The summed E-state index contributed by atoms with van der Waals surface area (Å²) in [6.45, 7) is 4.23. The zero-order valence-electron chi connectivity index (χ0n) is 8.35. The van der Waals surface area contributed by atoms with Gasteiger partial charge in [-0.2, -0.15) is 0 Å². The van der Waals surface area contributed by atoms with E-state index in [4.69, 9.17) is 11.6 Å². The highest BCUT2D eigenvalue weighted by Gasteiger charge is 1.99. The van der Waals surface area contributed by atoms with Crippen LogP contribution in [0.15, 0.2) is 12.2 Å². The van der Waals surface area contributed by atoms with E-state index >= 15 is 0 Å². The molecule has 0 saturated heterocycles. The van der Waals surface area contributed by atoms with Crippen LogP contribution in [0.1, 0.15) is 52.4 Å². The van der Waals surface area contributed by atoms with Crippen LogP contribution in [-0.4, -0.2) is 5.38 Å². The molecular formula is C11H21Cl. The van der Waals surface area contributed by atoms with Gasteiger partial charge in [-0.1, -0.05) is 31.9 Å². The van der Waals surface area contributed by atoms with Gasteiger partial charge in [0.1, 0.15) is 0 Å². The van der Waals surface area contributed by atoms with Crippen molar-refractivity contribution in [3.05, 3.63) is 12.2 Å². The van der Waals surface area contributed by atoms with Crippen molar-refractivity contribution in [2.75, 3.05) is 0 Å². The van der Waals surface area contributed by atoms with E-state index in [-0.39, 0.29) is 0 Å². The molecule has 0 aromatic carbocycles. The SMILES string of the molecule is CC=CCCCCCC(Cl)CC. The topological polar surface area (TPSA) is 0 Å². The molecule has 0 aromatic rings. The van der Waals surface area contributed by atoms with Crippen LogP contribution in [0.2, 0.25) is 0 Å². The molecule has 0 rings (SSSR count).